The first-order valence-electron chi connectivity index (χ1n) is 5.65. The minimum atomic E-state index is -0.172. The van der Waals surface area contributed by atoms with Gasteiger partial charge in [-0.25, -0.2) is 0 Å². The van der Waals surface area contributed by atoms with Crippen LogP contribution in [0, 0.1) is 3.57 Å². The van der Waals surface area contributed by atoms with E-state index >= 15 is 0 Å². The molecule has 110 valence electrons. The minimum absolute atomic E-state index is 0. The van der Waals surface area contributed by atoms with Gasteiger partial charge in [-0.3, -0.25) is 0 Å². The SMILES string of the molecule is COc1c(I)c(O)c(CN)c(OC)c1C(C)(C)C.Cl. The molecule has 0 unspecified atom stereocenters. The summed E-state index contributed by atoms with van der Waals surface area (Å²) in [7, 11) is 3.17. The highest BCUT2D eigenvalue weighted by atomic mass is 127. The molecule has 0 bridgehead atoms. The van der Waals surface area contributed by atoms with E-state index in [1.54, 1.807) is 14.2 Å². The molecule has 0 spiro atoms. The Labute approximate surface area is 134 Å². The summed E-state index contributed by atoms with van der Waals surface area (Å²) in [5, 5.41) is 10.2. The Morgan fingerprint density at radius 2 is 1.63 bits per heavy atom. The van der Waals surface area contributed by atoms with Gasteiger partial charge in [-0.15, -0.1) is 12.4 Å². The first-order chi connectivity index (χ1) is 8.29. The Hall–Kier alpha value is -0.400. The number of methoxy groups -OCH3 is 2. The van der Waals surface area contributed by atoms with Crippen molar-refractivity contribution in [2.45, 2.75) is 32.7 Å². The Morgan fingerprint density at radius 3 is 1.95 bits per heavy atom. The van der Waals surface area contributed by atoms with Crippen molar-refractivity contribution in [1.82, 2.24) is 0 Å². The summed E-state index contributed by atoms with van der Waals surface area (Å²) in [5.41, 5.74) is 7.09. The average Bonchev–Trinajstić information content (AvgIpc) is 2.30. The van der Waals surface area contributed by atoms with Crippen LogP contribution in [0.3, 0.4) is 0 Å². The average molecular weight is 402 g/mol. The van der Waals surface area contributed by atoms with Crippen molar-refractivity contribution in [3.05, 3.63) is 14.7 Å². The van der Waals surface area contributed by atoms with Gasteiger partial charge in [0.2, 0.25) is 0 Å². The number of rotatable bonds is 3. The zero-order valence-corrected chi connectivity index (χ0v) is 14.8. The maximum atomic E-state index is 10.2. The molecule has 0 saturated carbocycles. The van der Waals surface area contributed by atoms with Crippen LogP contribution in [0.1, 0.15) is 31.9 Å². The first-order valence-corrected chi connectivity index (χ1v) is 6.73. The van der Waals surface area contributed by atoms with Gasteiger partial charge in [-0.05, 0) is 28.0 Å². The molecule has 0 amide bonds. The van der Waals surface area contributed by atoms with Crippen LogP contribution in [0.4, 0.5) is 0 Å². The molecule has 0 heterocycles. The first kappa shape index (κ1) is 18.6. The molecule has 0 saturated heterocycles. The van der Waals surface area contributed by atoms with Gasteiger partial charge < -0.3 is 20.3 Å². The molecule has 0 aliphatic rings. The van der Waals surface area contributed by atoms with Crippen molar-refractivity contribution in [2.24, 2.45) is 5.73 Å². The molecule has 0 fully saturated rings. The van der Waals surface area contributed by atoms with Gasteiger partial charge in [-0.2, -0.15) is 0 Å². The summed E-state index contributed by atoms with van der Waals surface area (Å²) in [4.78, 5) is 0. The summed E-state index contributed by atoms with van der Waals surface area (Å²) in [6.07, 6.45) is 0. The zero-order chi connectivity index (χ0) is 14.1. The van der Waals surface area contributed by atoms with E-state index in [9.17, 15) is 5.11 Å². The summed E-state index contributed by atoms with van der Waals surface area (Å²) >= 11 is 2.07. The molecule has 4 nitrogen and oxygen atoms in total. The number of aromatic hydroxyl groups is 1. The smallest absolute Gasteiger partial charge is 0.143 e. The fourth-order valence-corrected chi connectivity index (χ4v) is 2.81. The summed E-state index contributed by atoms with van der Waals surface area (Å²) in [6.45, 7) is 6.43. The number of ether oxygens (including phenoxy) is 2. The van der Waals surface area contributed by atoms with E-state index in [2.05, 4.69) is 43.4 Å². The Balaban J connectivity index is 0.00000324. The number of benzene rings is 1. The highest BCUT2D eigenvalue weighted by Gasteiger charge is 2.30. The lowest BCUT2D eigenvalue weighted by atomic mass is 9.84. The lowest BCUT2D eigenvalue weighted by molar-refractivity contribution is 0.352. The van der Waals surface area contributed by atoms with Gasteiger partial charge >= 0.3 is 0 Å². The molecule has 6 heteroatoms. The van der Waals surface area contributed by atoms with Crippen LogP contribution < -0.4 is 15.2 Å². The van der Waals surface area contributed by atoms with E-state index in [4.69, 9.17) is 15.2 Å². The third-order valence-electron chi connectivity index (χ3n) is 2.78. The molecule has 0 radical (unpaired) electrons. The maximum absolute atomic E-state index is 10.2. The van der Waals surface area contributed by atoms with Gasteiger partial charge in [-0.1, -0.05) is 20.8 Å². The van der Waals surface area contributed by atoms with Crippen LogP contribution in [0.15, 0.2) is 0 Å². The van der Waals surface area contributed by atoms with Crippen LogP contribution >= 0.6 is 35.0 Å². The third kappa shape index (κ3) is 3.38. The number of halogens is 2. The normalized spacial score (nSPS) is 10.9. The van der Waals surface area contributed by atoms with Crippen molar-refractivity contribution < 1.29 is 14.6 Å². The van der Waals surface area contributed by atoms with Crippen LogP contribution in [0.5, 0.6) is 17.2 Å². The van der Waals surface area contributed by atoms with Crippen LogP contribution in [0.25, 0.3) is 0 Å². The molecular formula is C13H21ClINO3. The highest BCUT2D eigenvalue weighted by molar-refractivity contribution is 14.1. The molecule has 3 N–H and O–H groups in total. The molecule has 0 aliphatic carbocycles. The topological polar surface area (TPSA) is 64.7 Å². The Kier molecular flexibility index (Phi) is 6.71. The Bertz CT molecular complexity index is 458. The highest BCUT2D eigenvalue weighted by Crippen LogP contribution is 2.48. The number of hydrogen-bond donors (Lipinski definition) is 2. The molecule has 1 rings (SSSR count). The molecule has 0 aromatic heterocycles. The van der Waals surface area contributed by atoms with Crippen molar-refractivity contribution in [2.75, 3.05) is 14.2 Å². The van der Waals surface area contributed by atoms with Crippen molar-refractivity contribution >= 4 is 35.0 Å². The number of phenols is 1. The third-order valence-corrected chi connectivity index (χ3v) is 3.78. The maximum Gasteiger partial charge on any atom is 0.143 e. The number of nitrogens with two attached hydrogens (primary N) is 1. The molecule has 0 atom stereocenters. The largest absolute Gasteiger partial charge is 0.506 e. The second kappa shape index (κ2) is 6.85. The van der Waals surface area contributed by atoms with Gasteiger partial charge in [0.15, 0.2) is 0 Å². The standard InChI is InChI=1S/C13H20INO3.ClH/c1-13(2,3)8-11(17-4)7(6-15)10(16)9(14)12(8)18-5;/h16H,6,15H2,1-5H3;1H. The summed E-state index contributed by atoms with van der Waals surface area (Å²) in [6, 6.07) is 0. The van der Waals surface area contributed by atoms with E-state index in [1.165, 1.54) is 0 Å². The fourth-order valence-electron chi connectivity index (χ4n) is 2.00. The van der Waals surface area contributed by atoms with E-state index in [0.717, 1.165) is 5.56 Å². The van der Waals surface area contributed by atoms with Crippen molar-refractivity contribution in [3.8, 4) is 17.2 Å². The lowest BCUT2D eigenvalue weighted by Crippen LogP contribution is -2.17. The number of hydrogen-bond acceptors (Lipinski definition) is 4. The van der Waals surface area contributed by atoms with E-state index in [1.807, 2.05) is 0 Å². The van der Waals surface area contributed by atoms with E-state index in [0.29, 0.717) is 20.6 Å². The molecule has 1 aromatic carbocycles. The van der Waals surface area contributed by atoms with Gasteiger partial charge in [0.25, 0.3) is 0 Å². The van der Waals surface area contributed by atoms with Crippen molar-refractivity contribution in [3.63, 3.8) is 0 Å². The van der Waals surface area contributed by atoms with Gasteiger partial charge in [0.1, 0.15) is 17.2 Å². The molecule has 1 aromatic rings. The van der Waals surface area contributed by atoms with Crippen molar-refractivity contribution in [1.29, 1.82) is 0 Å². The second-order valence-corrected chi connectivity index (χ2v) is 6.12. The quantitative estimate of drug-likeness (QED) is 0.764. The van der Waals surface area contributed by atoms with Gasteiger partial charge in [0, 0.05) is 12.1 Å². The van der Waals surface area contributed by atoms with Crippen LogP contribution in [-0.4, -0.2) is 19.3 Å². The van der Waals surface area contributed by atoms with Crippen LogP contribution in [0.2, 0.25) is 0 Å². The molecule has 19 heavy (non-hydrogen) atoms. The zero-order valence-electron chi connectivity index (χ0n) is 11.8. The fraction of sp³-hybridized carbons (Fsp3) is 0.538. The summed E-state index contributed by atoms with van der Waals surface area (Å²) in [5.74, 6) is 1.40. The molecular weight excluding hydrogens is 381 g/mol. The second-order valence-electron chi connectivity index (χ2n) is 5.04. The van der Waals surface area contributed by atoms with Crippen LogP contribution in [-0.2, 0) is 12.0 Å². The minimum Gasteiger partial charge on any atom is -0.506 e. The lowest BCUT2D eigenvalue weighted by Gasteiger charge is -2.27. The summed E-state index contributed by atoms with van der Waals surface area (Å²) < 4.78 is 11.6. The van der Waals surface area contributed by atoms with E-state index in [-0.39, 0.29) is 30.1 Å². The van der Waals surface area contributed by atoms with Gasteiger partial charge in [0.05, 0.1) is 23.4 Å². The Morgan fingerprint density at radius 1 is 1.16 bits per heavy atom. The predicted octanol–water partition coefficient (Wildman–Crippen LogP) is 3.19. The monoisotopic (exact) mass is 401 g/mol. The van der Waals surface area contributed by atoms with E-state index < -0.39 is 0 Å². The predicted molar refractivity (Wildman–Crippen MR) is 87.8 cm³/mol. The number of phenolic OH excluding ortho intramolecular Hbond substituents is 1. The molecule has 0 aliphatic heterocycles.